The minimum atomic E-state index is -0.381. The number of carbonyl (C=O) groups is 1. The summed E-state index contributed by atoms with van der Waals surface area (Å²) in [5.74, 6) is -0.271. The van der Waals surface area contributed by atoms with Gasteiger partial charge in [0.15, 0.2) is 0 Å². The average molecular weight is 358 g/mol. The van der Waals surface area contributed by atoms with Gasteiger partial charge in [0.05, 0.1) is 20.9 Å². The maximum Gasteiger partial charge on any atom is 0.302 e. The molecule has 0 amide bonds. The van der Waals surface area contributed by atoms with Crippen molar-refractivity contribution in [1.29, 1.82) is 0 Å². The molecule has 1 aliphatic rings. The number of halogens is 2. The van der Waals surface area contributed by atoms with Crippen LogP contribution in [0.5, 0.6) is 0 Å². The summed E-state index contributed by atoms with van der Waals surface area (Å²) in [6.45, 7) is 9.38. The molecule has 5 heteroatoms. The predicted molar refractivity (Wildman–Crippen MR) is 70.2 cm³/mol. The molecule has 0 aromatic carbocycles. The zero-order valence-electron chi connectivity index (χ0n) is 10.2. The Kier molecular flexibility index (Phi) is 4.13. The molecule has 0 saturated carbocycles. The molecule has 16 heavy (non-hydrogen) atoms. The third-order valence-electron chi connectivity index (χ3n) is 2.73. The predicted octanol–water partition coefficient (Wildman–Crippen LogP) is 3.03. The Morgan fingerprint density at radius 3 is 1.81 bits per heavy atom. The molecular formula is C11H18Br2O3. The molecule has 1 heterocycles. The largest absolute Gasteiger partial charge is 0.460 e. The van der Waals surface area contributed by atoms with Crippen LogP contribution in [0, 0.1) is 0 Å². The molecule has 0 aromatic heterocycles. The Labute approximate surface area is 114 Å². The molecule has 3 nitrogen and oxygen atoms in total. The van der Waals surface area contributed by atoms with E-state index in [-0.39, 0.29) is 32.9 Å². The summed E-state index contributed by atoms with van der Waals surface area (Å²) in [7, 11) is 0. The van der Waals surface area contributed by atoms with Gasteiger partial charge < -0.3 is 9.47 Å². The van der Waals surface area contributed by atoms with Gasteiger partial charge >= 0.3 is 5.97 Å². The van der Waals surface area contributed by atoms with E-state index in [1.165, 1.54) is 6.92 Å². The Bertz CT molecular complexity index is 269. The van der Waals surface area contributed by atoms with Crippen molar-refractivity contribution in [2.45, 2.75) is 61.6 Å². The van der Waals surface area contributed by atoms with Crippen LogP contribution in [0.1, 0.15) is 34.6 Å². The molecule has 2 unspecified atom stereocenters. The number of alkyl halides is 2. The number of rotatable bonds is 1. The Hall–Kier alpha value is 0.390. The molecule has 94 valence electrons. The zero-order chi connectivity index (χ0) is 12.7. The quantitative estimate of drug-likeness (QED) is 0.534. The van der Waals surface area contributed by atoms with Crippen molar-refractivity contribution in [3.8, 4) is 0 Å². The summed E-state index contributed by atoms with van der Waals surface area (Å²) >= 11 is 7.13. The lowest BCUT2D eigenvalue weighted by molar-refractivity contribution is -0.188. The van der Waals surface area contributed by atoms with Crippen LogP contribution >= 0.6 is 31.9 Å². The van der Waals surface area contributed by atoms with Crippen molar-refractivity contribution < 1.29 is 14.3 Å². The van der Waals surface area contributed by atoms with Gasteiger partial charge in [-0.1, -0.05) is 31.9 Å². The summed E-state index contributed by atoms with van der Waals surface area (Å²) < 4.78 is 11.4. The fourth-order valence-electron chi connectivity index (χ4n) is 2.04. The Morgan fingerprint density at radius 1 is 1.12 bits per heavy atom. The van der Waals surface area contributed by atoms with Gasteiger partial charge in [-0.2, -0.15) is 0 Å². The van der Waals surface area contributed by atoms with Crippen LogP contribution < -0.4 is 0 Å². The second kappa shape index (κ2) is 4.58. The van der Waals surface area contributed by atoms with E-state index < -0.39 is 0 Å². The summed E-state index contributed by atoms with van der Waals surface area (Å²) in [6.07, 6.45) is -0.240. The standard InChI is InChI=1S/C11H18Br2O3/c1-6(14)15-7-8(12)10(2,3)16-11(4,5)9(7)13/h7-9H,1-5H3. The molecule has 0 radical (unpaired) electrons. The summed E-state index contributed by atoms with van der Waals surface area (Å²) in [4.78, 5) is 11.0. The topological polar surface area (TPSA) is 35.5 Å². The van der Waals surface area contributed by atoms with E-state index in [1.54, 1.807) is 0 Å². The van der Waals surface area contributed by atoms with Gasteiger partial charge in [-0.15, -0.1) is 0 Å². The third-order valence-corrected chi connectivity index (χ3v) is 5.98. The highest BCUT2D eigenvalue weighted by Gasteiger charge is 2.53. The number of hydrogen-bond acceptors (Lipinski definition) is 3. The van der Waals surface area contributed by atoms with Crippen LogP contribution in [-0.4, -0.2) is 32.9 Å². The molecule has 1 saturated heterocycles. The molecular weight excluding hydrogens is 340 g/mol. The van der Waals surface area contributed by atoms with Gasteiger partial charge in [-0.3, -0.25) is 4.79 Å². The lowest BCUT2D eigenvalue weighted by Crippen LogP contribution is -2.62. The van der Waals surface area contributed by atoms with Crippen molar-refractivity contribution >= 4 is 37.8 Å². The number of hydrogen-bond donors (Lipinski definition) is 0. The van der Waals surface area contributed by atoms with Crippen LogP contribution in [0.25, 0.3) is 0 Å². The van der Waals surface area contributed by atoms with E-state index in [0.29, 0.717) is 0 Å². The molecule has 1 rings (SSSR count). The normalized spacial score (nSPS) is 36.8. The lowest BCUT2D eigenvalue weighted by Gasteiger charge is -2.51. The molecule has 0 aromatic rings. The van der Waals surface area contributed by atoms with Gasteiger partial charge in [-0.05, 0) is 27.7 Å². The maximum atomic E-state index is 11.1. The van der Waals surface area contributed by atoms with Gasteiger partial charge in [0.25, 0.3) is 0 Å². The molecule has 0 N–H and O–H groups in total. The average Bonchev–Trinajstić information content (AvgIpc) is 2.08. The second-order valence-corrected chi connectivity index (χ2v) is 7.16. The molecule has 2 atom stereocenters. The van der Waals surface area contributed by atoms with E-state index in [9.17, 15) is 4.79 Å². The number of ether oxygens (including phenoxy) is 2. The van der Waals surface area contributed by atoms with Crippen molar-refractivity contribution in [2.24, 2.45) is 0 Å². The van der Waals surface area contributed by atoms with Crippen LogP contribution in [0.4, 0.5) is 0 Å². The monoisotopic (exact) mass is 356 g/mol. The van der Waals surface area contributed by atoms with Gasteiger partial charge in [0, 0.05) is 6.92 Å². The van der Waals surface area contributed by atoms with E-state index >= 15 is 0 Å². The highest BCUT2D eigenvalue weighted by Crippen LogP contribution is 2.43. The van der Waals surface area contributed by atoms with E-state index in [4.69, 9.17) is 9.47 Å². The lowest BCUT2D eigenvalue weighted by atomic mass is 9.86. The third kappa shape index (κ3) is 2.79. The fourth-order valence-corrected chi connectivity index (χ4v) is 3.46. The molecule has 0 bridgehead atoms. The van der Waals surface area contributed by atoms with E-state index in [1.807, 2.05) is 27.7 Å². The van der Waals surface area contributed by atoms with Crippen LogP contribution in [0.3, 0.4) is 0 Å². The van der Waals surface area contributed by atoms with Crippen molar-refractivity contribution in [3.05, 3.63) is 0 Å². The number of carbonyl (C=O) groups excluding carboxylic acids is 1. The van der Waals surface area contributed by atoms with Crippen LogP contribution in [-0.2, 0) is 14.3 Å². The first-order chi connectivity index (χ1) is 7.08. The highest BCUT2D eigenvalue weighted by molar-refractivity contribution is 9.10. The van der Waals surface area contributed by atoms with Crippen molar-refractivity contribution in [2.75, 3.05) is 0 Å². The molecule has 0 aliphatic carbocycles. The highest BCUT2D eigenvalue weighted by atomic mass is 79.9. The van der Waals surface area contributed by atoms with Gasteiger partial charge in [-0.25, -0.2) is 0 Å². The van der Waals surface area contributed by atoms with E-state index in [2.05, 4.69) is 31.9 Å². The van der Waals surface area contributed by atoms with Crippen molar-refractivity contribution in [1.82, 2.24) is 0 Å². The Morgan fingerprint density at radius 2 is 1.50 bits per heavy atom. The zero-order valence-corrected chi connectivity index (χ0v) is 13.4. The first-order valence-corrected chi connectivity index (χ1v) is 7.06. The van der Waals surface area contributed by atoms with Crippen LogP contribution in [0.15, 0.2) is 0 Å². The fraction of sp³-hybridized carbons (Fsp3) is 0.909. The van der Waals surface area contributed by atoms with Crippen molar-refractivity contribution in [3.63, 3.8) is 0 Å². The first kappa shape index (κ1) is 14.5. The molecule has 1 aliphatic heterocycles. The smallest absolute Gasteiger partial charge is 0.302 e. The summed E-state index contributed by atoms with van der Waals surface area (Å²) in [6, 6.07) is 0. The number of esters is 1. The molecule has 0 spiro atoms. The summed E-state index contributed by atoms with van der Waals surface area (Å²) in [5.41, 5.74) is -0.762. The summed E-state index contributed by atoms with van der Waals surface area (Å²) in [5, 5.41) is 0. The second-order valence-electron chi connectivity index (χ2n) is 5.19. The van der Waals surface area contributed by atoms with Gasteiger partial charge in [0.2, 0.25) is 0 Å². The maximum absolute atomic E-state index is 11.1. The Balaban J connectivity index is 2.98. The first-order valence-electron chi connectivity index (χ1n) is 5.23. The minimum Gasteiger partial charge on any atom is -0.460 e. The van der Waals surface area contributed by atoms with E-state index in [0.717, 1.165) is 0 Å². The molecule has 1 fully saturated rings. The van der Waals surface area contributed by atoms with Gasteiger partial charge in [0.1, 0.15) is 6.10 Å². The minimum absolute atomic E-state index is 0.0405. The van der Waals surface area contributed by atoms with Crippen LogP contribution in [0.2, 0.25) is 0 Å². The SMILES string of the molecule is CC(=O)OC1C(Br)C(C)(C)OC(C)(C)C1Br.